The van der Waals surface area contributed by atoms with Crippen LogP contribution < -0.4 is 5.32 Å². The van der Waals surface area contributed by atoms with Crippen LogP contribution in [0.15, 0.2) is 95.8 Å². The first kappa shape index (κ1) is 18.6. The molecule has 0 fully saturated rings. The molecule has 1 unspecified atom stereocenters. The maximum Gasteiger partial charge on any atom is 0.260 e. The normalized spacial score (nSPS) is 18.3. The molecule has 4 nitrogen and oxygen atoms in total. The zero-order valence-corrected chi connectivity index (χ0v) is 17.1. The summed E-state index contributed by atoms with van der Waals surface area (Å²) in [6, 6.07) is 20.0. The van der Waals surface area contributed by atoms with Crippen LogP contribution in [0.4, 0.5) is 0 Å². The molecule has 0 radical (unpaired) electrons. The number of rotatable bonds is 5. The van der Waals surface area contributed by atoms with Gasteiger partial charge in [0, 0.05) is 16.8 Å². The van der Waals surface area contributed by atoms with Gasteiger partial charge in [0.25, 0.3) is 5.91 Å². The lowest BCUT2D eigenvalue weighted by atomic mass is 9.82. The van der Waals surface area contributed by atoms with E-state index in [0.717, 1.165) is 28.4 Å². The van der Waals surface area contributed by atoms with Crippen LogP contribution in [-0.4, -0.2) is 10.9 Å². The molecule has 2 aromatic heterocycles. The summed E-state index contributed by atoms with van der Waals surface area (Å²) in [5.74, 6) is 0.566. The Morgan fingerprint density at radius 1 is 1.03 bits per heavy atom. The molecular weight excluding hydrogens is 392 g/mol. The summed E-state index contributed by atoms with van der Waals surface area (Å²) in [5.41, 5.74) is 4.76. The second kappa shape index (κ2) is 8.13. The summed E-state index contributed by atoms with van der Waals surface area (Å²) in [5, 5.41) is 5.07. The number of benzene rings is 1. The van der Waals surface area contributed by atoms with Crippen molar-refractivity contribution in [3.05, 3.63) is 112 Å². The van der Waals surface area contributed by atoms with E-state index < -0.39 is 0 Å². The first-order valence-electron chi connectivity index (χ1n) is 9.88. The fourth-order valence-electron chi connectivity index (χ4n) is 3.88. The molecule has 1 atom stereocenters. The number of carbonyl (C=O) groups excluding carboxylic acids is 1. The zero-order chi connectivity index (χ0) is 20.3. The summed E-state index contributed by atoms with van der Waals surface area (Å²) in [6.07, 6.45) is 6.61. The maximum absolute atomic E-state index is 13.0. The molecule has 30 heavy (non-hydrogen) atoms. The number of ether oxygens (including phenoxy) is 1. The lowest BCUT2D eigenvalue weighted by Crippen LogP contribution is -2.36. The van der Waals surface area contributed by atoms with E-state index in [-0.39, 0.29) is 11.8 Å². The molecule has 3 heterocycles. The highest BCUT2D eigenvalue weighted by Gasteiger charge is 2.36. The topological polar surface area (TPSA) is 51.2 Å². The molecule has 2 aliphatic rings. The molecule has 0 bridgehead atoms. The summed E-state index contributed by atoms with van der Waals surface area (Å²) in [6.45, 7) is 0.326. The number of hydrogen-bond donors (Lipinski definition) is 1. The van der Waals surface area contributed by atoms with Crippen molar-refractivity contribution in [2.45, 2.75) is 13.0 Å². The lowest BCUT2D eigenvalue weighted by Gasteiger charge is -2.33. The van der Waals surface area contributed by atoms with Gasteiger partial charge in [-0.05, 0) is 47.2 Å². The number of hydrogen-bond acceptors (Lipinski definition) is 4. The Hall–Kier alpha value is -3.44. The van der Waals surface area contributed by atoms with Crippen LogP contribution in [0.25, 0.3) is 11.1 Å². The first-order valence-corrected chi connectivity index (χ1v) is 10.8. The maximum atomic E-state index is 13.0. The summed E-state index contributed by atoms with van der Waals surface area (Å²) >= 11 is 1.55. The summed E-state index contributed by atoms with van der Waals surface area (Å²) < 4.78 is 6.32. The van der Waals surface area contributed by atoms with Crippen LogP contribution in [0.3, 0.4) is 0 Å². The fraction of sp³-hybridized carbons (Fsp3) is 0.120. The Labute approximate surface area is 179 Å². The van der Waals surface area contributed by atoms with E-state index in [0.29, 0.717) is 12.2 Å². The van der Waals surface area contributed by atoms with Crippen LogP contribution in [-0.2, 0) is 16.1 Å². The summed E-state index contributed by atoms with van der Waals surface area (Å²) in [7, 11) is 0. The average Bonchev–Trinajstić information content (AvgIpc) is 3.32. The van der Waals surface area contributed by atoms with E-state index in [2.05, 4.69) is 28.5 Å². The molecule has 5 heteroatoms. The highest BCUT2D eigenvalue weighted by atomic mass is 32.1. The highest BCUT2D eigenvalue weighted by molar-refractivity contribution is 7.11. The third-order valence-corrected chi connectivity index (χ3v) is 6.21. The van der Waals surface area contributed by atoms with Gasteiger partial charge in [-0.3, -0.25) is 9.78 Å². The van der Waals surface area contributed by atoms with Gasteiger partial charge in [0.15, 0.2) is 0 Å². The molecule has 0 spiro atoms. The van der Waals surface area contributed by atoms with Crippen molar-refractivity contribution in [3.63, 3.8) is 0 Å². The Morgan fingerprint density at radius 3 is 2.67 bits per heavy atom. The fourth-order valence-corrected chi connectivity index (χ4v) is 4.65. The molecule has 1 aliphatic carbocycles. The number of aromatic nitrogens is 1. The predicted octanol–water partition coefficient (Wildman–Crippen LogP) is 5.19. The molecule has 1 amide bonds. The molecule has 0 saturated carbocycles. The number of nitrogens with zero attached hydrogens (tertiary/aromatic N) is 1. The van der Waals surface area contributed by atoms with Crippen LogP contribution in [0.5, 0.6) is 0 Å². The number of fused-ring (bicyclic) bond motifs is 1. The number of thiophene rings is 1. The van der Waals surface area contributed by atoms with E-state index >= 15 is 0 Å². The van der Waals surface area contributed by atoms with Crippen molar-refractivity contribution in [1.82, 2.24) is 10.3 Å². The van der Waals surface area contributed by atoms with Crippen molar-refractivity contribution in [2.24, 2.45) is 5.92 Å². The Bertz CT molecular complexity index is 1150. The second-order valence-electron chi connectivity index (χ2n) is 7.22. The van der Waals surface area contributed by atoms with Gasteiger partial charge in [-0.25, -0.2) is 0 Å². The van der Waals surface area contributed by atoms with Gasteiger partial charge in [0.2, 0.25) is 0 Å². The second-order valence-corrected chi connectivity index (χ2v) is 8.16. The Kier molecular flexibility index (Phi) is 5.03. The molecule has 0 saturated heterocycles. The minimum atomic E-state index is -0.118. The minimum absolute atomic E-state index is 0.0382. The highest BCUT2D eigenvalue weighted by Crippen LogP contribution is 2.42. The Balaban J connectivity index is 1.54. The van der Waals surface area contributed by atoms with E-state index in [4.69, 9.17) is 4.74 Å². The molecule has 1 N–H and O–H groups in total. The predicted molar refractivity (Wildman–Crippen MR) is 119 cm³/mol. The number of amides is 1. The monoisotopic (exact) mass is 412 g/mol. The Morgan fingerprint density at radius 2 is 1.90 bits per heavy atom. The number of allylic oxidation sites excluding steroid dienone is 3. The van der Waals surface area contributed by atoms with Gasteiger partial charge in [-0.2, -0.15) is 0 Å². The number of carbonyl (C=O) groups is 1. The van der Waals surface area contributed by atoms with Gasteiger partial charge in [0.05, 0.1) is 17.2 Å². The standard InChI is InChI=1S/C25H20N2O2S/c28-25-23(22-10-6-14-30-22)24(29-16-19-9-4-5-13-26-19)20-15-18(11-12-21(20)27-25)17-7-2-1-3-8-17/h1-14,20H,15-16H2,(H,27,28). The molecule has 3 aromatic rings. The summed E-state index contributed by atoms with van der Waals surface area (Å²) in [4.78, 5) is 18.3. The lowest BCUT2D eigenvalue weighted by molar-refractivity contribution is -0.115. The van der Waals surface area contributed by atoms with Crippen molar-refractivity contribution in [2.75, 3.05) is 0 Å². The van der Waals surface area contributed by atoms with Crippen molar-refractivity contribution in [3.8, 4) is 0 Å². The van der Waals surface area contributed by atoms with Crippen LogP contribution in [0.1, 0.15) is 22.6 Å². The van der Waals surface area contributed by atoms with Crippen LogP contribution in [0, 0.1) is 5.92 Å². The van der Waals surface area contributed by atoms with E-state index in [1.807, 2.05) is 60.0 Å². The molecule has 148 valence electrons. The number of nitrogens with one attached hydrogen (secondary N) is 1. The zero-order valence-electron chi connectivity index (χ0n) is 16.2. The van der Waals surface area contributed by atoms with Gasteiger partial charge < -0.3 is 10.1 Å². The molecule has 5 rings (SSSR count). The average molecular weight is 413 g/mol. The third-order valence-electron chi connectivity index (χ3n) is 5.33. The largest absolute Gasteiger partial charge is 0.490 e. The van der Waals surface area contributed by atoms with Gasteiger partial charge in [0.1, 0.15) is 12.4 Å². The third kappa shape index (κ3) is 3.60. The van der Waals surface area contributed by atoms with Crippen molar-refractivity contribution in [1.29, 1.82) is 0 Å². The van der Waals surface area contributed by atoms with Crippen molar-refractivity contribution >= 4 is 28.4 Å². The van der Waals surface area contributed by atoms with E-state index in [1.165, 1.54) is 11.1 Å². The van der Waals surface area contributed by atoms with Crippen LogP contribution in [0.2, 0.25) is 0 Å². The molecule has 1 aliphatic heterocycles. The quantitative estimate of drug-likeness (QED) is 0.628. The van der Waals surface area contributed by atoms with Crippen molar-refractivity contribution < 1.29 is 9.53 Å². The van der Waals surface area contributed by atoms with Crippen LogP contribution >= 0.6 is 11.3 Å². The SMILES string of the molecule is O=C1NC2=CC=C(c3ccccc3)CC2C(OCc2ccccn2)=C1c1cccs1. The minimum Gasteiger partial charge on any atom is -0.490 e. The molecule has 1 aromatic carbocycles. The van der Waals surface area contributed by atoms with Gasteiger partial charge in [-0.15, -0.1) is 11.3 Å². The smallest absolute Gasteiger partial charge is 0.260 e. The van der Waals surface area contributed by atoms with E-state index in [1.54, 1.807) is 17.5 Å². The van der Waals surface area contributed by atoms with Gasteiger partial charge >= 0.3 is 0 Å². The number of pyridine rings is 1. The van der Waals surface area contributed by atoms with E-state index in [9.17, 15) is 4.79 Å². The first-order chi connectivity index (χ1) is 14.8. The molecular formula is C25H20N2O2S. The van der Waals surface area contributed by atoms with Gasteiger partial charge in [-0.1, -0.05) is 48.5 Å².